The Hall–Kier alpha value is -4.01. The Bertz CT molecular complexity index is 1440. The summed E-state index contributed by atoms with van der Waals surface area (Å²) in [6, 6.07) is 24.4. The highest BCUT2D eigenvalue weighted by Crippen LogP contribution is 2.31. The summed E-state index contributed by atoms with van der Waals surface area (Å²) in [7, 11) is 0. The first-order chi connectivity index (χ1) is 20.0. The van der Waals surface area contributed by atoms with E-state index in [1.165, 1.54) is 16.7 Å². The summed E-state index contributed by atoms with van der Waals surface area (Å²) in [5, 5.41) is 5.96. The molecule has 212 valence electrons. The minimum Gasteiger partial charge on any atom is -0.487 e. The summed E-state index contributed by atoms with van der Waals surface area (Å²) in [6.45, 7) is 5.92. The summed E-state index contributed by atoms with van der Waals surface area (Å²) in [5.41, 5.74) is 5.15. The van der Waals surface area contributed by atoms with Crippen LogP contribution in [0.15, 0.2) is 72.8 Å². The summed E-state index contributed by atoms with van der Waals surface area (Å²) in [4.78, 5) is 41.1. The smallest absolute Gasteiger partial charge is 0.255 e. The minimum absolute atomic E-state index is 0.0533. The lowest BCUT2D eigenvalue weighted by Gasteiger charge is -2.39. The van der Waals surface area contributed by atoms with Gasteiger partial charge in [-0.15, -0.1) is 0 Å². The zero-order valence-corrected chi connectivity index (χ0v) is 23.3. The van der Waals surface area contributed by atoms with Crippen LogP contribution >= 0.6 is 0 Å². The third-order valence-corrected chi connectivity index (χ3v) is 8.33. The van der Waals surface area contributed by atoms with Crippen molar-refractivity contribution in [3.8, 4) is 16.9 Å². The van der Waals surface area contributed by atoms with Crippen LogP contribution in [0.3, 0.4) is 0 Å². The Kier molecular flexibility index (Phi) is 7.85. The number of hydrogen-bond donors (Lipinski definition) is 2. The lowest BCUT2D eigenvalue weighted by Crippen LogP contribution is -2.54. The lowest BCUT2D eigenvalue weighted by molar-refractivity contribution is -0.136. The van der Waals surface area contributed by atoms with Crippen molar-refractivity contribution < 1.29 is 19.1 Å². The number of likely N-dealkylation sites (N-methyl/N-ethyl adjacent to an activating group) is 1. The fourth-order valence-corrected chi connectivity index (χ4v) is 6.28. The van der Waals surface area contributed by atoms with E-state index < -0.39 is 11.9 Å². The first-order valence-electron chi connectivity index (χ1n) is 14.5. The van der Waals surface area contributed by atoms with Crippen molar-refractivity contribution in [1.82, 2.24) is 20.4 Å². The molecule has 0 aliphatic carbocycles. The molecule has 2 fully saturated rings. The number of nitrogens with one attached hydrogen (secondary N) is 2. The van der Waals surface area contributed by atoms with Crippen LogP contribution in [0, 0.1) is 0 Å². The van der Waals surface area contributed by atoms with Gasteiger partial charge in [0.2, 0.25) is 11.8 Å². The van der Waals surface area contributed by atoms with Gasteiger partial charge < -0.3 is 15.0 Å². The minimum atomic E-state index is -0.623. The largest absolute Gasteiger partial charge is 0.487 e. The van der Waals surface area contributed by atoms with Gasteiger partial charge >= 0.3 is 0 Å². The number of fused-ring (bicyclic) bond motifs is 1. The summed E-state index contributed by atoms with van der Waals surface area (Å²) >= 11 is 0. The van der Waals surface area contributed by atoms with E-state index >= 15 is 0 Å². The average Bonchev–Trinajstić information content (AvgIpc) is 3.30. The van der Waals surface area contributed by atoms with Gasteiger partial charge in [0.05, 0.1) is 0 Å². The summed E-state index contributed by atoms with van der Waals surface area (Å²) < 4.78 is 6.60. The quantitative estimate of drug-likeness (QED) is 0.414. The van der Waals surface area contributed by atoms with E-state index in [0.717, 1.165) is 43.9 Å². The van der Waals surface area contributed by atoms with E-state index in [0.29, 0.717) is 18.5 Å². The Morgan fingerprint density at radius 2 is 1.78 bits per heavy atom. The van der Waals surface area contributed by atoms with Crippen LogP contribution in [0.5, 0.6) is 5.75 Å². The van der Waals surface area contributed by atoms with Crippen LogP contribution < -0.4 is 15.4 Å². The molecule has 0 aromatic heterocycles. The number of piperidine rings is 2. The van der Waals surface area contributed by atoms with E-state index in [4.69, 9.17) is 4.74 Å². The third kappa shape index (κ3) is 5.89. The highest BCUT2D eigenvalue weighted by atomic mass is 16.5. The molecule has 0 bridgehead atoms. The second-order valence-corrected chi connectivity index (χ2v) is 11.1. The van der Waals surface area contributed by atoms with Crippen molar-refractivity contribution in [3.05, 3.63) is 89.5 Å². The van der Waals surface area contributed by atoms with Gasteiger partial charge in [-0.2, -0.15) is 0 Å². The highest BCUT2D eigenvalue weighted by Gasteiger charge is 2.39. The molecule has 3 aromatic carbocycles. The van der Waals surface area contributed by atoms with Crippen LogP contribution in [0.2, 0.25) is 0 Å². The molecule has 3 aliphatic rings. The van der Waals surface area contributed by atoms with Crippen molar-refractivity contribution in [2.45, 2.75) is 57.5 Å². The standard InChI is InChI=1S/C33H36N4O4/c1-2-34-28-15-16-36(19-22-7-6-10-24(17-22)23-8-4-3-5-9-23)21-30(28)41-26-11-12-27-25(18-26)20-37(33(27)40)29-13-14-31(38)35-32(29)39/h3-12,17-18,28-30,34H,2,13-16,19-21H2,1H3,(H,35,38,39)/t28-,29?,30-/m1/s1. The van der Waals surface area contributed by atoms with Gasteiger partial charge in [0.1, 0.15) is 17.9 Å². The second-order valence-electron chi connectivity index (χ2n) is 11.1. The zero-order valence-electron chi connectivity index (χ0n) is 23.3. The molecular formula is C33H36N4O4. The molecule has 8 heteroatoms. The fourth-order valence-electron chi connectivity index (χ4n) is 6.28. The Balaban J connectivity index is 1.14. The average molecular weight is 553 g/mol. The maximum Gasteiger partial charge on any atom is 0.255 e. The number of likely N-dealkylation sites (tertiary alicyclic amines) is 1. The monoisotopic (exact) mass is 552 g/mol. The number of rotatable bonds is 8. The second kappa shape index (κ2) is 11.8. The molecule has 3 heterocycles. The van der Waals surface area contributed by atoms with Crippen molar-refractivity contribution in [2.24, 2.45) is 0 Å². The number of imide groups is 1. The number of ether oxygens (including phenoxy) is 1. The fraction of sp³-hybridized carbons (Fsp3) is 0.364. The van der Waals surface area contributed by atoms with Gasteiger partial charge in [-0.25, -0.2) is 0 Å². The number of benzene rings is 3. The van der Waals surface area contributed by atoms with Crippen molar-refractivity contribution >= 4 is 17.7 Å². The van der Waals surface area contributed by atoms with Crippen LogP contribution in [-0.2, 0) is 22.7 Å². The van der Waals surface area contributed by atoms with Gasteiger partial charge in [0, 0.05) is 44.2 Å². The first kappa shape index (κ1) is 27.2. The summed E-state index contributed by atoms with van der Waals surface area (Å²) in [6.07, 6.45) is 1.52. The van der Waals surface area contributed by atoms with E-state index in [-0.39, 0.29) is 30.4 Å². The molecular weight excluding hydrogens is 516 g/mol. The molecule has 2 N–H and O–H groups in total. The number of nitrogens with zero attached hydrogens (tertiary/aromatic N) is 2. The molecule has 3 aliphatic heterocycles. The molecule has 3 atom stereocenters. The van der Waals surface area contributed by atoms with Gasteiger partial charge in [0.25, 0.3) is 5.91 Å². The molecule has 0 radical (unpaired) electrons. The molecule has 2 saturated heterocycles. The van der Waals surface area contributed by atoms with Crippen molar-refractivity contribution in [1.29, 1.82) is 0 Å². The molecule has 41 heavy (non-hydrogen) atoms. The molecule has 3 amide bonds. The summed E-state index contributed by atoms with van der Waals surface area (Å²) in [5.74, 6) is -0.133. The maximum atomic E-state index is 13.1. The predicted molar refractivity (Wildman–Crippen MR) is 156 cm³/mol. The van der Waals surface area contributed by atoms with Gasteiger partial charge in [-0.1, -0.05) is 55.5 Å². The van der Waals surface area contributed by atoms with E-state index in [2.05, 4.69) is 71.0 Å². The molecule has 8 nitrogen and oxygen atoms in total. The van der Waals surface area contributed by atoms with Crippen LogP contribution in [0.1, 0.15) is 47.7 Å². The van der Waals surface area contributed by atoms with Gasteiger partial charge in [-0.05, 0) is 65.9 Å². The van der Waals surface area contributed by atoms with E-state index in [1.54, 1.807) is 11.0 Å². The lowest BCUT2D eigenvalue weighted by atomic mass is 9.99. The van der Waals surface area contributed by atoms with Gasteiger partial charge in [-0.3, -0.25) is 24.6 Å². The van der Waals surface area contributed by atoms with Crippen LogP contribution in [0.25, 0.3) is 11.1 Å². The number of amides is 3. The Morgan fingerprint density at radius 1 is 0.951 bits per heavy atom. The number of carbonyl (C=O) groups excluding carboxylic acids is 3. The number of carbonyl (C=O) groups is 3. The maximum absolute atomic E-state index is 13.1. The SMILES string of the molecule is CCN[C@@H]1CCN(Cc2cccc(-c3ccccc3)c2)C[C@H]1Oc1ccc2c(c1)CN(C1CCC(=O)NC1=O)C2=O. The Labute approximate surface area is 240 Å². The number of hydrogen-bond acceptors (Lipinski definition) is 6. The van der Waals surface area contributed by atoms with E-state index in [1.807, 2.05) is 18.2 Å². The predicted octanol–water partition coefficient (Wildman–Crippen LogP) is 3.75. The topological polar surface area (TPSA) is 91.0 Å². The Morgan fingerprint density at radius 3 is 2.59 bits per heavy atom. The molecule has 3 aromatic rings. The van der Waals surface area contributed by atoms with E-state index in [9.17, 15) is 14.4 Å². The van der Waals surface area contributed by atoms with Crippen LogP contribution in [-0.4, -0.2) is 65.3 Å². The molecule has 0 spiro atoms. The zero-order chi connectivity index (χ0) is 28.3. The first-order valence-corrected chi connectivity index (χ1v) is 14.5. The molecule has 0 saturated carbocycles. The van der Waals surface area contributed by atoms with Crippen molar-refractivity contribution in [3.63, 3.8) is 0 Å². The molecule has 6 rings (SSSR count). The highest BCUT2D eigenvalue weighted by molar-refractivity contribution is 6.05. The van der Waals surface area contributed by atoms with Gasteiger partial charge in [0.15, 0.2) is 0 Å². The van der Waals surface area contributed by atoms with Crippen molar-refractivity contribution in [2.75, 3.05) is 19.6 Å². The normalized spacial score (nSPS) is 22.9. The molecule has 1 unspecified atom stereocenters. The third-order valence-electron chi connectivity index (χ3n) is 8.33. The van der Waals surface area contributed by atoms with Crippen LogP contribution in [0.4, 0.5) is 0 Å².